The monoisotopic (exact) mass is 297 g/mol. The van der Waals surface area contributed by atoms with Crippen molar-refractivity contribution < 1.29 is 4.39 Å². The van der Waals surface area contributed by atoms with Gasteiger partial charge in [-0.05, 0) is 46.2 Å². The van der Waals surface area contributed by atoms with Gasteiger partial charge < -0.3 is 5.73 Å². The molecule has 0 atom stereocenters. The Morgan fingerprint density at radius 2 is 1.67 bits per heavy atom. The van der Waals surface area contributed by atoms with E-state index in [9.17, 15) is 4.39 Å². The molecule has 3 aromatic carbocycles. The lowest BCUT2D eigenvalue weighted by Crippen LogP contribution is -2.01. The number of hydrogen-bond acceptors (Lipinski definition) is 2. The molecular formula is C18H16FNS. The van der Waals surface area contributed by atoms with Crippen molar-refractivity contribution in [2.24, 2.45) is 5.73 Å². The smallest absolute Gasteiger partial charge is 0.123 e. The Balaban J connectivity index is 1.81. The summed E-state index contributed by atoms with van der Waals surface area (Å²) >= 11 is 1.70. The third-order valence-corrected chi connectivity index (χ3v) is 4.55. The van der Waals surface area contributed by atoms with E-state index in [-0.39, 0.29) is 5.82 Å². The van der Waals surface area contributed by atoms with E-state index in [1.807, 2.05) is 12.1 Å². The average molecular weight is 297 g/mol. The SMILES string of the molecule is NCc1ccc(F)cc1CSc1ccc2ccccc2c1. The molecule has 0 aliphatic rings. The van der Waals surface area contributed by atoms with E-state index in [2.05, 4.69) is 30.3 Å². The molecule has 0 unspecified atom stereocenters. The van der Waals surface area contributed by atoms with Gasteiger partial charge in [0.25, 0.3) is 0 Å². The first-order valence-electron chi connectivity index (χ1n) is 6.85. The van der Waals surface area contributed by atoms with Gasteiger partial charge in [-0.25, -0.2) is 4.39 Å². The van der Waals surface area contributed by atoms with E-state index in [1.165, 1.54) is 21.7 Å². The Bertz CT molecular complexity index is 770. The molecule has 2 N–H and O–H groups in total. The summed E-state index contributed by atoms with van der Waals surface area (Å²) in [4.78, 5) is 1.18. The zero-order valence-electron chi connectivity index (χ0n) is 11.6. The van der Waals surface area contributed by atoms with E-state index < -0.39 is 0 Å². The molecule has 0 aliphatic carbocycles. The first-order chi connectivity index (χ1) is 10.3. The van der Waals surface area contributed by atoms with Crippen LogP contribution in [0.2, 0.25) is 0 Å². The highest BCUT2D eigenvalue weighted by atomic mass is 32.2. The summed E-state index contributed by atoms with van der Waals surface area (Å²) in [5.74, 6) is 0.518. The Hall–Kier alpha value is -1.84. The van der Waals surface area contributed by atoms with E-state index in [4.69, 9.17) is 5.73 Å². The molecule has 0 saturated carbocycles. The van der Waals surface area contributed by atoms with Crippen LogP contribution in [0.15, 0.2) is 65.6 Å². The maximum Gasteiger partial charge on any atom is 0.123 e. The van der Waals surface area contributed by atoms with Crippen molar-refractivity contribution in [2.75, 3.05) is 0 Å². The zero-order valence-corrected chi connectivity index (χ0v) is 12.4. The van der Waals surface area contributed by atoms with Crippen LogP contribution in [0.4, 0.5) is 4.39 Å². The molecule has 0 fully saturated rings. The molecule has 0 saturated heterocycles. The van der Waals surface area contributed by atoms with Crippen molar-refractivity contribution in [3.05, 3.63) is 77.6 Å². The number of nitrogens with two attached hydrogens (primary N) is 1. The number of thioether (sulfide) groups is 1. The lowest BCUT2D eigenvalue weighted by Gasteiger charge is -2.08. The number of hydrogen-bond donors (Lipinski definition) is 1. The minimum absolute atomic E-state index is 0.207. The molecule has 0 heterocycles. The van der Waals surface area contributed by atoms with Gasteiger partial charge in [-0.15, -0.1) is 11.8 Å². The van der Waals surface area contributed by atoms with E-state index >= 15 is 0 Å². The van der Waals surface area contributed by atoms with Crippen molar-refractivity contribution in [3.63, 3.8) is 0 Å². The van der Waals surface area contributed by atoms with Crippen LogP contribution in [0, 0.1) is 5.82 Å². The second-order valence-electron chi connectivity index (χ2n) is 4.91. The maximum absolute atomic E-state index is 13.4. The highest BCUT2D eigenvalue weighted by Crippen LogP contribution is 2.27. The van der Waals surface area contributed by atoms with Gasteiger partial charge in [-0.2, -0.15) is 0 Å². The molecule has 0 spiro atoms. The third-order valence-electron chi connectivity index (χ3n) is 3.50. The predicted octanol–water partition coefficient (Wildman–Crippen LogP) is 4.73. The fourth-order valence-corrected chi connectivity index (χ4v) is 3.31. The standard InChI is InChI=1S/C18H16FNS/c19-17-7-5-15(11-20)16(9-17)12-21-18-8-6-13-3-1-2-4-14(13)10-18/h1-10H,11-12,20H2. The number of halogens is 1. The van der Waals surface area contributed by atoms with Crippen LogP contribution in [-0.4, -0.2) is 0 Å². The summed E-state index contributed by atoms with van der Waals surface area (Å²) in [7, 11) is 0. The Morgan fingerprint density at radius 3 is 2.48 bits per heavy atom. The quantitative estimate of drug-likeness (QED) is 0.705. The minimum atomic E-state index is -0.207. The summed E-state index contributed by atoms with van der Waals surface area (Å²) in [5.41, 5.74) is 7.68. The molecule has 0 radical (unpaired) electrons. The summed E-state index contributed by atoms with van der Waals surface area (Å²) in [6.07, 6.45) is 0. The largest absolute Gasteiger partial charge is 0.326 e. The van der Waals surface area contributed by atoms with Crippen molar-refractivity contribution >= 4 is 22.5 Å². The van der Waals surface area contributed by atoms with Crippen molar-refractivity contribution in [3.8, 4) is 0 Å². The lowest BCUT2D eigenvalue weighted by molar-refractivity contribution is 0.625. The summed E-state index contributed by atoms with van der Waals surface area (Å²) in [5, 5.41) is 2.45. The van der Waals surface area contributed by atoms with Crippen LogP contribution in [0.1, 0.15) is 11.1 Å². The molecule has 0 amide bonds. The van der Waals surface area contributed by atoms with Crippen LogP contribution in [0.3, 0.4) is 0 Å². The maximum atomic E-state index is 13.4. The second kappa shape index (κ2) is 6.29. The molecular weight excluding hydrogens is 281 g/mol. The molecule has 106 valence electrons. The summed E-state index contributed by atoms with van der Waals surface area (Å²) in [6, 6.07) is 19.5. The Kier molecular flexibility index (Phi) is 4.23. The van der Waals surface area contributed by atoms with Crippen LogP contribution >= 0.6 is 11.8 Å². The fraction of sp³-hybridized carbons (Fsp3) is 0.111. The Labute approximate surface area is 128 Å². The van der Waals surface area contributed by atoms with Gasteiger partial charge in [0, 0.05) is 17.2 Å². The van der Waals surface area contributed by atoms with Gasteiger partial charge >= 0.3 is 0 Å². The average Bonchev–Trinajstić information content (AvgIpc) is 2.53. The van der Waals surface area contributed by atoms with E-state index in [1.54, 1.807) is 23.9 Å². The molecule has 3 aromatic rings. The lowest BCUT2D eigenvalue weighted by atomic mass is 10.1. The van der Waals surface area contributed by atoms with Gasteiger partial charge in [0.1, 0.15) is 5.82 Å². The first kappa shape index (κ1) is 14.1. The van der Waals surface area contributed by atoms with Crippen LogP contribution < -0.4 is 5.73 Å². The normalized spacial score (nSPS) is 11.0. The van der Waals surface area contributed by atoms with E-state index in [0.717, 1.165) is 16.9 Å². The first-order valence-corrected chi connectivity index (χ1v) is 7.84. The number of rotatable bonds is 4. The van der Waals surface area contributed by atoms with Crippen molar-refractivity contribution in [1.82, 2.24) is 0 Å². The topological polar surface area (TPSA) is 26.0 Å². The number of fused-ring (bicyclic) bond motifs is 1. The van der Waals surface area contributed by atoms with Gasteiger partial charge in [-0.1, -0.05) is 36.4 Å². The van der Waals surface area contributed by atoms with E-state index in [0.29, 0.717) is 6.54 Å². The molecule has 1 nitrogen and oxygen atoms in total. The molecule has 21 heavy (non-hydrogen) atoms. The summed E-state index contributed by atoms with van der Waals surface area (Å²) in [6.45, 7) is 0.438. The minimum Gasteiger partial charge on any atom is -0.326 e. The zero-order chi connectivity index (χ0) is 14.7. The molecule has 0 bridgehead atoms. The molecule has 0 aromatic heterocycles. The van der Waals surface area contributed by atoms with Crippen LogP contribution in [0.5, 0.6) is 0 Å². The molecule has 3 rings (SSSR count). The highest BCUT2D eigenvalue weighted by molar-refractivity contribution is 7.98. The van der Waals surface area contributed by atoms with Gasteiger partial charge in [0.15, 0.2) is 0 Å². The molecule has 0 aliphatic heterocycles. The number of benzene rings is 3. The van der Waals surface area contributed by atoms with Crippen molar-refractivity contribution in [2.45, 2.75) is 17.2 Å². The second-order valence-corrected chi connectivity index (χ2v) is 5.96. The highest BCUT2D eigenvalue weighted by Gasteiger charge is 2.04. The van der Waals surface area contributed by atoms with Gasteiger partial charge in [0.2, 0.25) is 0 Å². The van der Waals surface area contributed by atoms with Gasteiger partial charge in [-0.3, -0.25) is 0 Å². The Morgan fingerprint density at radius 1 is 0.857 bits per heavy atom. The van der Waals surface area contributed by atoms with Crippen LogP contribution in [-0.2, 0) is 12.3 Å². The molecule has 3 heteroatoms. The predicted molar refractivity (Wildman–Crippen MR) is 87.8 cm³/mol. The van der Waals surface area contributed by atoms with Crippen molar-refractivity contribution in [1.29, 1.82) is 0 Å². The summed E-state index contributed by atoms with van der Waals surface area (Å²) < 4.78 is 13.4. The third kappa shape index (κ3) is 3.26. The van der Waals surface area contributed by atoms with Gasteiger partial charge in [0.05, 0.1) is 0 Å². The van der Waals surface area contributed by atoms with Crippen LogP contribution in [0.25, 0.3) is 10.8 Å². The fourth-order valence-electron chi connectivity index (χ4n) is 2.35.